The lowest BCUT2D eigenvalue weighted by Crippen LogP contribution is -2.33. The minimum Gasteiger partial charge on any atom is -0.356 e. The van der Waals surface area contributed by atoms with Gasteiger partial charge in [-0.15, -0.1) is 0 Å². The van der Waals surface area contributed by atoms with E-state index in [1.165, 1.54) is 19.3 Å². The Morgan fingerprint density at radius 2 is 1.94 bits per heavy atom. The average Bonchev–Trinajstić information content (AvgIpc) is 2.23. The van der Waals surface area contributed by atoms with Crippen LogP contribution in [0.3, 0.4) is 0 Å². The largest absolute Gasteiger partial charge is 0.356 e. The molecule has 0 bridgehead atoms. The van der Waals surface area contributed by atoms with E-state index in [9.17, 15) is 4.79 Å². The lowest BCUT2D eigenvalue weighted by atomic mass is 10.1. The van der Waals surface area contributed by atoms with Crippen LogP contribution in [0.1, 0.15) is 53.4 Å². The van der Waals surface area contributed by atoms with Gasteiger partial charge >= 0.3 is 0 Å². The first kappa shape index (κ1) is 15.4. The fraction of sp³-hybridized carbons (Fsp3) is 0.923. The molecule has 0 aliphatic rings. The zero-order valence-electron chi connectivity index (χ0n) is 11.3. The molecule has 0 aromatic rings. The fourth-order valence-electron chi connectivity index (χ4n) is 1.45. The predicted molar refractivity (Wildman–Crippen MR) is 69.5 cm³/mol. The smallest absolute Gasteiger partial charge is 0.221 e. The molecule has 0 aromatic heterocycles. The molecule has 0 heterocycles. The Kier molecular flexibility index (Phi) is 9.30. The second kappa shape index (κ2) is 9.64. The molecule has 0 saturated carbocycles. The molecule has 96 valence electrons. The average molecular weight is 228 g/mol. The summed E-state index contributed by atoms with van der Waals surface area (Å²) in [6.45, 7) is 10.2. The molecular formula is C13H28N2O. The van der Waals surface area contributed by atoms with Crippen LogP contribution in [0.5, 0.6) is 0 Å². The van der Waals surface area contributed by atoms with Crippen LogP contribution in [0, 0.1) is 5.92 Å². The van der Waals surface area contributed by atoms with E-state index in [1.54, 1.807) is 0 Å². The highest BCUT2D eigenvalue weighted by molar-refractivity contribution is 5.76. The summed E-state index contributed by atoms with van der Waals surface area (Å²) in [4.78, 5) is 11.4. The molecule has 0 aromatic carbocycles. The molecule has 0 aliphatic heterocycles. The van der Waals surface area contributed by atoms with Crippen molar-refractivity contribution in [3.63, 3.8) is 0 Å². The van der Waals surface area contributed by atoms with Crippen molar-refractivity contribution in [2.75, 3.05) is 13.1 Å². The van der Waals surface area contributed by atoms with Crippen LogP contribution in [0.4, 0.5) is 0 Å². The topological polar surface area (TPSA) is 41.1 Å². The molecule has 0 aliphatic carbocycles. The van der Waals surface area contributed by atoms with E-state index < -0.39 is 0 Å². The van der Waals surface area contributed by atoms with E-state index in [2.05, 4.69) is 38.3 Å². The molecule has 2 N–H and O–H groups in total. The van der Waals surface area contributed by atoms with Crippen molar-refractivity contribution in [3.8, 4) is 0 Å². The van der Waals surface area contributed by atoms with E-state index in [0.717, 1.165) is 13.1 Å². The third-order valence-electron chi connectivity index (χ3n) is 2.54. The lowest BCUT2D eigenvalue weighted by Gasteiger charge is -2.13. The van der Waals surface area contributed by atoms with Crippen LogP contribution in [-0.2, 0) is 4.79 Å². The number of rotatable bonds is 9. The lowest BCUT2D eigenvalue weighted by molar-refractivity contribution is -0.121. The molecule has 0 spiro atoms. The molecule has 1 atom stereocenters. The van der Waals surface area contributed by atoms with E-state index in [4.69, 9.17) is 0 Å². The number of carbonyl (C=O) groups is 1. The van der Waals surface area contributed by atoms with Gasteiger partial charge in [-0.05, 0) is 19.3 Å². The summed E-state index contributed by atoms with van der Waals surface area (Å²) < 4.78 is 0. The van der Waals surface area contributed by atoms with Gasteiger partial charge in [0, 0.05) is 25.6 Å². The van der Waals surface area contributed by atoms with Gasteiger partial charge in [-0.1, -0.05) is 33.6 Å². The Hall–Kier alpha value is -0.570. The number of hydrogen-bond donors (Lipinski definition) is 2. The van der Waals surface area contributed by atoms with Crippen molar-refractivity contribution in [2.24, 2.45) is 5.92 Å². The van der Waals surface area contributed by atoms with Gasteiger partial charge in [-0.3, -0.25) is 4.79 Å². The summed E-state index contributed by atoms with van der Waals surface area (Å²) >= 11 is 0. The molecule has 3 heteroatoms. The van der Waals surface area contributed by atoms with Crippen molar-refractivity contribution in [3.05, 3.63) is 0 Å². The Bertz CT molecular complexity index is 181. The maximum absolute atomic E-state index is 11.4. The maximum atomic E-state index is 11.4. The minimum absolute atomic E-state index is 0.156. The van der Waals surface area contributed by atoms with Gasteiger partial charge in [0.1, 0.15) is 0 Å². The van der Waals surface area contributed by atoms with Gasteiger partial charge in [0.25, 0.3) is 0 Å². The van der Waals surface area contributed by atoms with E-state index in [0.29, 0.717) is 18.4 Å². The number of hydrogen-bond acceptors (Lipinski definition) is 2. The highest BCUT2D eigenvalue weighted by Crippen LogP contribution is 1.99. The molecule has 1 amide bonds. The summed E-state index contributed by atoms with van der Waals surface area (Å²) in [7, 11) is 0. The quantitative estimate of drug-likeness (QED) is 0.636. The van der Waals surface area contributed by atoms with Gasteiger partial charge < -0.3 is 10.6 Å². The van der Waals surface area contributed by atoms with Crippen molar-refractivity contribution < 1.29 is 4.79 Å². The molecular weight excluding hydrogens is 200 g/mol. The fourth-order valence-corrected chi connectivity index (χ4v) is 1.45. The normalized spacial score (nSPS) is 12.8. The summed E-state index contributed by atoms with van der Waals surface area (Å²) in [5.74, 6) is 0.685. The van der Waals surface area contributed by atoms with Crippen LogP contribution >= 0.6 is 0 Å². The van der Waals surface area contributed by atoms with Gasteiger partial charge in [0.05, 0.1) is 0 Å². The van der Waals surface area contributed by atoms with Crippen LogP contribution in [0.15, 0.2) is 0 Å². The molecule has 0 rings (SSSR count). The predicted octanol–water partition coefficient (Wildman–Crippen LogP) is 2.32. The summed E-state index contributed by atoms with van der Waals surface area (Å²) in [6, 6.07) is 0.526. The Morgan fingerprint density at radius 3 is 2.50 bits per heavy atom. The van der Waals surface area contributed by atoms with Crippen LogP contribution < -0.4 is 10.6 Å². The minimum atomic E-state index is 0.156. The highest BCUT2D eigenvalue weighted by Gasteiger charge is 2.04. The third-order valence-corrected chi connectivity index (χ3v) is 2.54. The zero-order chi connectivity index (χ0) is 12.4. The zero-order valence-corrected chi connectivity index (χ0v) is 11.3. The monoisotopic (exact) mass is 228 g/mol. The third kappa shape index (κ3) is 9.97. The SMILES string of the molecule is CCCCC(C)NCCC(=O)NCC(C)C. The summed E-state index contributed by atoms with van der Waals surface area (Å²) in [5.41, 5.74) is 0. The molecule has 0 saturated heterocycles. The standard InChI is InChI=1S/C13H28N2O/c1-5-6-7-12(4)14-9-8-13(16)15-10-11(2)3/h11-12,14H,5-10H2,1-4H3,(H,15,16). The second-order valence-corrected chi connectivity index (χ2v) is 4.95. The number of amides is 1. The van der Waals surface area contributed by atoms with Crippen LogP contribution in [0.25, 0.3) is 0 Å². The summed E-state index contributed by atoms with van der Waals surface area (Å²) in [5, 5.41) is 6.30. The highest BCUT2D eigenvalue weighted by atomic mass is 16.1. The van der Waals surface area contributed by atoms with Gasteiger partial charge in [0.15, 0.2) is 0 Å². The number of carbonyl (C=O) groups excluding carboxylic acids is 1. The number of unbranched alkanes of at least 4 members (excludes halogenated alkanes) is 1. The van der Waals surface area contributed by atoms with E-state index in [1.807, 2.05) is 0 Å². The Morgan fingerprint density at radius 1 is 1.25 bits per heavy atom. The van der Waals surface area contributed by atoms with Crippen LogP contribution in [-0.4, -0.2) is 25.0 Å². The Labute approximate surface area is 100 Å². The van der Waals surface area contributed by atoms with Crippen molar-refractivity contribution >= 4 is 5.91 Å². The molecule has 3 nitrogen and oxygen atoms in total. The van der Waals surface area contributed by atoms with E-state index in [-0.39, 0.29) is 5.91 Å². The van der Waals surface area contributed by atoms with Crippen molar-refractivity contribution in [1.82, 2.24) is 10.6 Å². The van der Waals surface area contributed by atoms with Gasteiger partial charge in [-0.2, -0.15) is 0 Å². The van der Waals surface area contributed by atoms with E-state index >= 15 is 0 Å². The van der Waals surface area contributed by atoms with Gasteiger partial charge in [0.2, 0.25) is 5.91 Å². The maximum Gasteiger partial charge on any atom is 0.221 e. The molecule has 0 radical (unpaired) electrons. The summed E-state index contributed by atoms with van der Waals surface area (Å²) in [6.07, 6.45) is 4.28. The van der Waals surface area contributed by atoms with Crippen molar-refractivity contribution in [1.29, 1.82) is 0 Å². The Balaban J connectivity index is 3.39. The molecule has 16 heavy (non-hydrogen) atoms. The second-order valence-electron chi connectivity index (χ2n) is 4.95. The number of nitrogens with one attached hydrogen (secondary N) is 2. The van der Waals surface area contributed by atoms with Crippen molar-refractivity contribution in [2.45, 2.75) is 59.4 Å². The molecule has 1 unspecified atom stereocenters. The van der Waals surface area contributed by atoms with Crippen LogP contribution in [0.2, 0.25) is 0 Å². The molecule has 0 fully saturated rings. The van der Waals surface area contributed by atoms with Gasteiger partial charge in [-0.25, -0.2) is 0 Å². The first-order valence-corrected chi connectivity index (χ1v) is 6.56. The first-order valence-electron chi connectivity index (χ1n) is 6.56. The first-order chi connectivity index (χ1) is 7.56.